The lowest BCUT2D eigenvalue weighted by Crippen LogP contribution is -2.61. The molecule has 1 aliphatic heterocycles. The van der Waals surface area contributed by atoms with Gasteiger partial charge in [0.05, 0.1) is 24.3 Å². The third-order valence-electron chi connectivity index (χ3n) is 5.86. The highest BCUT2D eigenvalue weighted by Crippen LogP contribution is 2.40. The number of carbonyl (C=O) groups excluding carboxylic acids is 1. The quantitative estimate of drug-likeness (QED) is 0.894. The monoisotopic (exact) mass is 362 g/mol. The van der Waals surface area contributed by atoms with Gasteiger partial charge < -0.3 is 15.0 Å². The molecule has 146 valence electrons. The lowest BCUT2D eigenvalue weighted by atomic mass is 9.92. The normalized spacial score (nSPS) is 22.8. The molecule has 26 heavy (non-hydrogen) atoms. The SMILES string of the molecule is CC(C)[C@H](CNC(=O)N1CC(C)(C)OC2(CCCC2)C1)c1ccnn1C. The first-order valence-corrected chi connectivity index (χ1v) is 9.92. The van der Waals surface area contributed by atoms with Gasteiger partial charge in [-0.3, -0.25) is 4.68 Å². The Labute approximate surface area is 157 Å². The van der Waals surface area contributed by atoms with Crippen LogP contribution in [0.2, 0.25) is 0 Å². The molecule has 1 N–H and O–H groups in total. The van der Waals surface area contributed by atoms with Gasteiger partial charge >= 0.3 is 6.03 Å². The Hall–Kier alpha value is -1.56. The summed E-state index contributed by atoms with van der Waals surface area (Å²) in [5, 5.41) is 7.46. The number of nitrogens with zero attached hydrogens (tertiary/aromatic N) is 3. The number of rotatable bonds is 4. The van der Waals surface area contributed by atoms with Gasteiger partial charge in [-0.2, -0.15) is 5.10 Å². The molecule has 2 amide bonds. The van der Waals surface area contributed by atoms with Crippen LogP contribution in [0.15, 0.2) is 12.3 Å². The number of aromatic nitrogens is 2. The van der Waals surface area contributed by atoms with E-state index in [0.29, 0.717) is 25.6 Å². The first-order valence-electron chi connectivity index (χ1n) is 9.92. The second kappa shape index (κ2) is 7.22. The molecular formula is C20H34N4O2. The topological polar surface area (TPSA) is 59.4 Å². The van der Waals surface area contributed by atoms with Crippen molar-refractivity contribution >= 4 is 6.03 Å². The maximum atomic E-state index is 12.9. The fourth-order valence-corrected chi connectivity index (χ4v) is 4.68. The first kappa shape index (κ1) is 19.2. The molecule has 1 saturated heterocycles. The minimum atomic E-state index is -0.292. The van der Waals surface area contributed by atoms with Gasteiger partial charge in [-0.15, -0.1) is 0 Å². The van der Waals surface area contributed by atoms with E-state index in [1.54, 1.807) is 0 Å². The summed E-state index contributed by atoms with van der Waals surface area (Å²) in [7, 11) is 1.96. The van der Waals surface area contributed by atoms with Crippen LogP contribution in [0.1, 0.15) is 65.0 Å². The van der Waals surface area contributed by atoms with Gasteiger partial charge in [0.2, 0.25) is 0 Å². The molecule has 0 bridgehead atoms. The second-order valence-corrected chi connectivity index (χ2v) is 9.02. The van der Waals surface area contributed by atoms with Crippen LogP contribution in [0.3, 0.4) is 0 Å². The molecule has 6 heteroatoms. The van der Waals surface area contributed by atoms with E-state index < -0.39 is 0 Å². The minimum absolute atomic E-state index is 0.0282. The van der Waals surface area contributed by atoms with Gasteiger partial charge in [-0.1, -0.05) is 26.7 Å². The third-order valence-corrected chi connectivity index (χ3v) is 5.86. The number of amides is 2. The van der Waals surface area contributed by atoms with Crippen LogP contribution in [-0.4, -0.2) is 51.5 Å². The van der Waals surface area contributed by atoms with Crippen LogP contribution < -0.4 is 5.32 Å². The molecule has 2 heterocycles. The van der Waals surface area contributed by atoms with Crippen LogP contribution >= 0.6 is 0 Å². The van der Waals surface area contributed by atoms with Crippen molar-refractivity contribution in [3.8, 4) is 0 Å². The summed E-state index contributed by atoms with van der Waals surface area (Å²) in [4.78, 5) is 14.9. The summed E-state index contributed by atoms with van der Waals surface area (Å²) in [5.41, 5.74) is 0.729. The van der Waals surface area contributed by atoms with E-state index in [4.69, 9.17) is 4.74 Å². The van der Waals surface area contributed by atoms with Crippen molar-refractivity contribution < 1.29 is 9.53 Å². The lowest BCUT2D eigenvalue weighted by Gasteiger charge is -2.48. The molecule has 2 fully saturated rings. The molecule has 2 aliphatic rings. The van der Waals surface area contributed by atoms with Crippen LogP contribution in [0.4, 0.5) is 4.79 Å². The summed E-state index contributed by atoms with van der Waals surface area (Å²) in [5.74, 6) is 0.675. The molecule has 6 nitrogen and oxygen atoms in total. The predicted molar refractivity (Wildman–Crippen MR) is 102 cm³/mol. The smallest absolute Gasteiger partial charge is 0.317 e. The summed E-state index contributed by atoms with van der Waals surface area (Å²) < 4.78 is 8.31. The summed E-state index contributed by atoms with van der Waals surface area (Å²) in [6, 6.07) is 2.07. The highest BCUT2D eigenvalue weighted by atomic mass is 16.5. The molecule has 1 saturated carbocycles. The lowest BCUT2D eigenvalue weighted by molar-refractivity contribution is -0.184. The zero-order chi connectivity index (χ0) is 18.9. The molecule has 1 aromatic heterocycles. The molecule has 0 radical (unpaired) electrons. The highest BCUT2D eigenvalue weighted by molar-refractivity contribution is 5.74. The van der Waals surface area contributed by atoms with Crippen LogP contribution in [0.5, 0.6) is 0 Å². The molecule has 1 atom stereocenters. The van der Waals surface area contributed by atoms with Crippen molar-refractivity contribution in [1.29, 1.82) is 0 Å². The van der Waals surface area contributed by atoms with Crippen molar-refractivity contribution in [2.75, 3.05) is 19.6 Å². The number of hydrogen-bond acceptors (Lipinski definition) is 3. The number of carbonyl (C=O) groups is 1. The predicted octanol–water partition coefficient (Wildman–Crippen LogP) is 3.29. The fraction of sp³-hybridized carbons (Fsp3) is 0.800. The van der Waals surface area contributed by atoms with Crippen LogP contribution in [-0.2, 0) is 11.8 Å². The largest absolute Gasteiger partial charge is 0.365 e. The highest BCUT2D eigenvalue weighted by Gasteiger charge is 2.47. The van der Waals surface area contributed by atoms with E-state index in [2.05, 4.69) is 38.1 Å². The van der Waals surface area contributed by atoms with Gasteiger partial charge in [0.1, 0.15) is 0 Å². The zero-order valence-electron chi connectivity index (χ0n) is 16.9. The van der Waals surface area contributed by atoms with Crippen molar-refractivity contribution in [2.24, 2.45) is 13.0 Å². The second-order valence-electron chi connectivity index (χ2n) is 9.02. The number of ether oxygens (including phenoxy) is 1. The van der Waals surface area contributed by atoms with E-state index in [-0.39, 0.29) is 23.2 Å². The van der Waals surface area contributed by atoms with Crippen molar-refractivity contribution in [3.05, 3.63) is 18.0 Å². The van der Waals surface area contributed by atoms with E-state index >= 15 is 0 Å². The van der Waals surface area contributed by atoms with Gasteiger partial charge in [0, 0.05) is 31.4 Å². The van der Waals surface area contributed by atoms with E-state index in [1.807, 2.05) is 28.9 Å². The van der Waals surface area contributed by atoms with Gasteiger partial charge in [0.25, 0.3) is 0 Å². The molecular weight excluding hydrogens is 328 g/mol. The summed E-state index contributed by atoms with van der Waals surface area (Å²) >= 11 is 0. The Balaban J connectivity index is 1.66. The van der Waals surface area contributed by atoms with Crippen molar-refractivity contribution in [1.82, 2.24) is 20.0 Å². The summed E-state index contributed by atoms with van der Waals surface area (Å²) in [6.07, 6.45) is 6.33. The molecule has 1 aromatic rings. The van der Waals surface area contributed by atoms with E-state index in [0.717, 1.165) is 18.5 Å². The van der Waals surface area contributed by atoms with Crippen LogP contribution in [0.25, 0.3) is 0 Å². The van der Waals surface area contributed by atoms with E-state index in [9.17, 15) is 4.79 Å². The van der Waals surface area contributed by atoms with Gasteiger partial charge in [-0.05, 0) is 38.7 Å². The number of urea groups is 1. The Bertz CT molecular complexity index is 632. The Morgan fingerprint density at radius 3 is 2.58 bits per heavy atom. The first-order chi connectivity index (χ1) is 12.2. The average molecular weight is 363 g/mol. The molecule has 1 aliphatic carbocycles. The zero-order valence-corrected chi connectivity index (χ0v) is 16.9. The van der Waals surface area contributed by atoms with Crippen LogP contribution in [0, 0.1) is 5.92 Å². The maximum Gasteiger partial charge on any atom is 0.317 e. The number of morpholine rings is 1. The van der Waals surface area contributed by atoms with Crippen molar-refractivity contribution in [3.63, 3.8) is 0 Å². The van der Waals surface area contributed by atoms with Gasteiger partial charge in [-0.25, -0.2) is 4.79 Å². The van der Waals surface area contributed by atoms with Gasteiger partial charge in [0.15, 0.2) is 0 Å². The number of aryl methyl sites for hydroxylation is 1. The molecule has 1 spiro atoms. The molecule has 3 rings (SSSR count). The Morgan fingerprint density at radius 1 is 1.31 bits per heavy atom. The number of nitrogens with one attached hydrogen (secondary N) is 1. The number of hydrogen-bond donors (Lipinski definition) is 1. The minimum Gasteiger partial charge on any atom is -0.365 e. The maximum absolute atomic E-state index is 12.9. The molecule has 0 unspecified atom stereocenters. The molecule has 0 aromatic carbocycles. The van der Waals surface area contributed by atoms with E-state index in [1.165, 1.54) is 12.8 Å². The third kappa shape index (κ3) is 4.05. The Morgan fingerprint density at radius 2 is 2.00 bits per heavy atom. The Kier molecular flexibility index (Phi) is 5.33. The standard InChI is InChI=1S/C20H34N4O2/c1-15(2)16(17-8-11-22-23(17)5)12-21-18(25)24-13-19(3,4)26-20(14-24)9-6-7-10-20/h8,11,15-16H,6-7,9-10,12-14H2,1-5H3,(H,21,25)/t16-/m0/s1. The van der Waals surface area contributed by atoms with Crippen molar-refractivity contribution in [2.45, 2.75) is 70.5 Å². The summed E-state index contributed by atoms with van der Waals surface area (Å²) in [6.45, 7) is 10.5. The fourth-order valence-electron chi connectivity index (χ4n) is 4.68. The average Bonchev–Trinajstić information content (AvgIpc) is 3.15.